The number of benzene rings is 1. The number of thiophene rings is 1. The number of carbonyl (C=O) groups is 3. The Morgan fingerprint density at radius 2 is 1.92 bits per heavy atom. The van der Waals surface area contributed by atoms with Crippen LogP contribution in [0.5, 0.6) is 0 Å². The van der Waals surface area contributed by atoms with Crippen LogP contribution in [0.25, 0.3) is 0 Å². The topological polar surface area (TPSA) is 142 Å². The van der Waals surface area contributed by atoms with Gasteiger partial charge in [0.15, 0.2) is 0 Å². The number of carbonyl (C=O) groups excluding carboxylic acids is 3. The molecule has 1 aromatic carbocycles. The lowest BCUT2D eigenvalue weighted by atomic mass is 10.1. The summed E-state index contributed by atoms with van der Waals surface area (Å²) in [6.45, 7) is 3.06. The molecule has 2 aromatic rings. The minimum Gasteiger partial charge on any atom is -0.465 e. The Labute approximate surface area is 151 Å². The van der Waals surface area contributed by atoms with E-state index in [0.717, 1.165) is 17.4 Å². The highest BCUT2D eigenvalue weighted by Crippen LogP contribution is 2.33. The van der Waals surface area contributed by atoms with Gasteiger partial charge >= 0.3 is 5.97 Å². The third kappa shape index (κ3) is 3.54. The van der Waals surface area contributed by atoms with Crippen molar-refractivity contribution in [2.24, 2.45) is 5.73 Å². The lowest BCUT2D eigenvalue weighted by Gasteiger charge is -2.06. The maximum Gasteiger partial charge on any atom is 0.348 e. The summed E-state index contributed by atoms with van der Waals surface area (Å²) in [7, 11) is 1.19. The van der Waals surface area contributed by atoms with Crippen LogP contribution in [0.4, 0.5) is 10.7 Å². The van der Waals surface area contributed by atoms with E-state index >= 15 is 0 Å². The minimum atomic E-state index is -0.820. The first kappa shape index (κ1) is 19.1. The van der Waals surface area contributed by atoms with Crippen molar-refractivity contribution >= 4 is 39.8 Å². The molecule has 2 rings (SSSR count). The summed E-state index contributed by atoms with van der Waals surface area (Å²) in [6, 6.07) is 4.00. The van der Waals surface area contributed by atoms with Gasteiger partial charge in [-0.3, -0.25) is 19.7 Å². The summed E-state index contributed by atoms with van der Waals surface area (Å²) in [5, 5.41) is 13.6. The number of rotatable bonds is 5. The van der Waals surface area contributed by atoms with Crippen molar-refractivity contribution in [1.82, 2.24) is 0 Å². The van der Waals surface area contributed by atoms with E-state index in [1.807, 2.05) is 0 Å². The van der Waals surface area contributed by atoms with Gasteiger partial charge in [0.25, 0.3) is 17.5 Å². The van der Waals surface area contributed by atoms with Crippen molar-refractivity contribution in [1.29, 1.82) is 0 Å². The Morgan fingerprint density at radius 1 is 1.27 bits per heavy atom. The lowest BCUT2D eigenvalue weighted by molar-refractivity contribution is -0.385. The molecule has 0 aliphatic heterocycles. The van der Waals surface area contributed by atoms with Crippen LogP contribution in [0.1, 0.15) is 41.5 Å². The maximum atomic E-state index is 12.4. The van der Waals surface area contributed by atoms with E-state index in [-0.39, 0.29) is 26.7 Å². The predicted octanol–water partition coefficient (Wildman–Crippen LogP) is 2.41. The number of aryl methyl sites for hydroxylation is 1. The van der Waals surface area contributed by atoms with Gasteiger partial charge in [-0.05, 0) is 25.5 Å². The lowest BCUT2D eigenvalue weighted by Crippen LogP contribution is -2.17. The largest absolute Gasteiger partial charge is 0.465 e. The van der Waals surface area contributed by atoms with E-state index in [0.29, 0.717) is 11.1 Å². The van der Waals surface area contributed by atoms with Crippen LogP contribution in [0.15, 0.2) is 18.2 Å². The van der Waals surface area contributed by atoms with Gasteiger partial charge < -0.3 is 15.8 Å². The molecule has 26 heavy (non-hydrogen) atoms. The van der Waals surface area contributed by atoms with E-state index in [9.17, 15) is 24.5 Å². The van der Waals surface area contributed by atoms with Crippen LogP contribution in [0, 0.1) is 24.0 Å². The Hall–Kier alpha value is -3.27. The van der Waals surface area contributed by atoms with Crippen LogP contribution in [0.2, 0.25) is 0 Å². The summed E-state index contributed by atoms with van der Waals surface area (Å²) in [4.78, 5) is 46.5. The number of nitrogens with zero attached hydrogens (tertiary/aromatic N) is 1. The molecule has 1 heterocycles. The second-order valence-corrected chi connectivity index (χ2v) is 6.35. The first-order valence-corrected chi connectivity index (χ1v) is 8.06. The van der Waals surface area contributed by atoms with Crippen molar-refractivity contribution in [3.8, 4) is 0 Å². The highest BCUT2D eigenvalue weighted by atomic mass is 32.1. The molecule has 0 aliphatic rings. The average Bonchev–Trinajstić information content (AvgIpc) is 2.90. The third-order valence-electron chi connectivity index (χ3n) is 3.66. The third-order valence-corrected chi connectivity index (χ3v) is 4.85. The van der Waals surface area contributed by atoms with Gasteiger partial charge in [-0.15, -0.1) is 11.3 Å². The van der Waals surface area contributed by atoms with Crippen LogP contribution in [0.3, 0.4) is 0 Å². The van der Waals surface area contributed by atoms with E-state index in [1.54, 1.807) is 6.92 Å². The van der Waals surface area contributed by atoms with Crippen molar-refractivity contribution in [3.05, 3.63) is 55.4 Å². The number of methoxy groups -OCH3 is 1. The fourth-order valence-electron chi connectivity index (χ4n) is 2.31. The molecule has 10 heteroatoms. The number of primary amides is 1. The predicted molar refractivity (Wildman–Crippen MR) is 94.7 cm³/mol. The summed E-state index contributed by atoms with van der Waals surface area (Å²) in [6.07, 6.45) is 0. The second kappa shape index (κ2) is 7.31. The standard InChI is InChI=1S/C16H15N3O6S/c1-7-4-5-9(6-10(7)19(23)24)14(21)18-15-11(13(17)20)8(2)12(26-15)16(22)25-3/h4-6H,1-3H3,(H2,17,20)(H,18,21). The summed E-state index contributed by atoms with van der Waals surface area (Å²) in [5.74, 6) is -2.16. The fraction of sp³-hybridized carbons (Fsp3) is 0.188. The van der Waals surface area contributed by atoms with Crippen molar-refractivity contribution in [2.75, 3.05) is 12.4 Å². The molecule has 136 valence electrons. The Bertz CT molecular complexity index is 934. The number of nitrogens with two attached hydrogens (primary N) is 1. The highest BCUT2D eigenvalue weighted by Gasteiger charge is 2.25. The molecule has 0 saturated carbocycles. The zero-order valence-corrected chi connectivity index (χ0v) is 14.9. The Morgan fingerprint density at radius 3 is 2.46 bits per heavy atom. The normalized spacial score (nSPS) is 10.3. The fourth-order valence-corrected chi connectivity index (χ4v) is 3.43. The number of hydrogen-bond donors (Lipinski definition) is 2. The van der Waals surface area contributed by atoms with E-state index in [1.165, 1.54) is 26.2 Å². The van der Waals surface area contributed by atoms with Crippen LogP contribution >= 0.6 is 11.3 Å². The smallest absolute Gasteiger partial charge is 0.348 e. The van der Waals surface area contributed by atoms with Gasteiger partial charge in [-0.2, -0.15) is 0 Å². The molecule has 0 atom stereocenters. The van der Waals surface area contributed by atoms with Crippen LogP contribution < -0.4 is 11.1 Å². The second-order valence-electron chi connectivity index (χ2n) is 5.33. The number of ether oxygens (including phenoxy) is 1. The molecule has 0 spiro atoms. The number of amides is 2. The van der Waals surface area contributed by atoms with Gasteiger partial charge in [0.2, 0.25) is 0 Å². The van der Waals surface area contributed by atoms with Crippen molar-refractivity contribution in [3.63, 3.8) is 0 Å². The number of nitro benzene ring substituents is 1. The van der Waals surface area contributed by atoms with Gasteiger partial charge in [0.05, 0.1) is 17.6 Å². The number of nitrogens with one attached hydrogen (secondary N) is 1. The minimum absolute atomic E-state index is 0.00892. The zero-order valence-electron chi connectivity index (χ0n) is 14.1. The zero-order chi connectivity index (χ0) is 19.6. The first-order chi connectivity index (χ1) is 12.2. The van der Waals surface area contributed by atoms with E-state index < -0.39 is 22.7 Å². The molecule has 2 amide bonds. The molecular weight excluding hydrogens is 362 g/mol. The van der Waals surface area contributed by atoms with Gasteiger partial charge in [-0.25, -0.2) is 4.79 Å². The molecule has 0 saturated heterocycles. The number of esters is 1. The molecule has 0 bridgehead atoms. The first-order valence-electron chi connectivity index (χ1n) is 7.25. The number of nitro groups is 1. The quantitative estimate of drug-likeness (QED) is 0.465. The van der Waals surface area contributed by atoms with Crippen LogP contribution in [-0.2, 0) is 4.74 Å². The van der Waals surface area contributed by atoms with Crippen LogP contribution in [-0.4, -0.2) is 29.8 Å². The maximum absolute atomic E-state index is 12.4. The van der Waals surface area contributed by atoms with Gasteiger partial charge in [-0.1, -0.05) is 6.07 Å². The van der Waals surface area contributed by atoms with Gasteiger partial charge in [0.1, 0.15) is 9.88 Å². The molecule has 0 unspecified atom stereocenters. The van der Waals surface area contributed by atoms with E-state index in [4.69, 9.17) is 5.73 Å². The number of hydrogen-bond acceptors (Lipinski definition) is 7. The van der Waals surface area contributed by atoms with Crippen molar-refractivity contribution in [2.45, 2.75) is 13.8 Å². The Kier molecular flexibility index (Phi) is 5.36. The SMILES string of the molecule is COC(=O)c1sc(NC(=O)c2ccc(C)c([N+](=O)[O-])c2)c(C(N)=O)c1C. The monoisotopic (exact) mass is 377 g/mol. The van der Waals surface area contributed by atoms with Crippen molar-refractivity contribution < 1.29 is 24.0 Å². The molecule has 0 fully saturated rings. The molecular formula is C16H15N3O6S. The molecule has 3 N–H and O–H groups in total. The molecule has 0 aliphatic carbocycles. The summed E-state index contributed by atoms with van der Waals surface area (Å²) < 4.78 is 4.64. The molecule has 1 aromatic heterocycles. The number of anilines is 1. The van der Waals surface area contributed by atoms with E-state index in [2.05, 4.69) is 10.1 Å². The summed E-state index contributed by atoms with van der Waals surface area (Å²) in [5.41, 5.74) is 5.86. The molecule has 0 radical (unpaired) electrons. The average molecular weight is 377 g/mol. The highest BCUT2D eigenvalue weighted by molar-refractivity contribution is 7.18. The summed E-state index contributed by atoms with van der Waals surface area (Å²) >= 11 is 0.843. The Balaban J connectivity index is 2.43. The molecule has 9 nitrogen and oxygen atoms in total. The van der Waals surface area contributed by atoms with Gasteiger partial charge in [0, 0.05) is 17.2 Å².